The fraction of sp³-hybridized carbons (Fsp3) is 0.400. The van der Waals surface area contributed by atoms with Gasteiger partial charge in [-0.1, -0.05) is 12.1 Å². The van der Waals surface area contributed by atoms with Crippen LogP contribution in [0, 0.1) is 5.21 Å². The van der Waals surface area contributed by atoms with Gasteiger partial charge in [0.15, 0.2) is 0 Å². The predicted molar refractivity (Wildman–Crippen MR) is 101 cm³/mol. The van der Waals surface area contributed by atoms with Crippen molar-refractivity contribution in [1.29, 1.82) is 0 Å². The van der Waals surface area contributed by atoms with Gasteiger partial charge in [-0.3, -0.25) is 0 Å². The van der Waals surface area contributed by atoms with Crippen LogP contribution >= 0.6 is 0 Å². The molecule has 1 aliphatic rings. The molecule has 0 N–H and O–H groups in total. The molecule has 5 heteroatoms. The average Bonchev–Trinajstić information content (AvgIpc) is 2.63. The Morgan fingerprint density at radius 3 is 2.56 bits per heavy atom. The summed E-state index contributed by atoms with van der Waals surface area (Å²) < 4.78 is 6.67. The smallest absolute Gasteiger partial charge is 0.335 e. The van der Waals surface area contributed by atoms with Crippen LogP contribution in [0.4, 0.5) is 5.69 Å². The van der Waals surface area contributed by atoms with Crippen LogP contribution in [0.1, 0.15) is 42.4 Å². The summed E-state index contributed by atoms with van der Waals surface area (Å²) in [7, 11) is 4.02. The van der Waals surface area contributed by atoms with E-state index < -0.39 is 0 Å². The van der Waals surface area contributed by atoms with Crippen molar-refractivity contribution >= 4 is 17.8 Å². The third kappa shape index (κ3) is 3.76. The summed E-state index contributed by atoms with van der Waals surface area (Å²) >= 11 is 0. The van der Waals surface area contributed by atoms with Crippen LogP contribution < -0.4 is 14.4 Å². The number of fused-ring (bicyclic) bond motifs is 1. The molecule has 2 aromatic rings. The monoisotopic (exact) mass is 339 g/mol. The summed E-state index contributed by atoms with van der Waals surface area (Å²) in [6.45, 7) is 2.49. The molecule has 25 heavy (non-hydrogen) atoms. The first-order valence-electron chi connectivity index (χ1n) is 8.83. The van der Waals surface area contributed by atoms with Crippen molar-refractivity contribution < 1.29 is 9.47 Å². The van der Waals surface area contributed by atoms with Gasteiger partial charge in [-0.05, 0) is 54.9 Å². The third-order valence-corrected chi connectivity index (χ3v) is 4.48. The minimum Gasteiger partial charge on any atom is -0.710 e. The second-order valence-corrected chi connectivity index (χ2v) is 6.45. The highest BCUT2D eigenvalue weighted by Crippen LogP contribution is 2.26. The molecule has 3 rings (SSSR count). The summed E-state index contributed by atoms with van der Waals surface area (Å²) in [6, 6.07) is 8.17. The summed E-state index contributed by atoms with van der Waals surface area (Å²) in [5, 5.41) is 12.7. The number of ether oxygens (including phenoxy) is 1. The summed E-state index contributed by atoms with van der Waals surface area (Å²) in [6.07, 6.45) is 7.48. The fourth-order valence-corrected chi connectivity index (χ4v) is 3.11. The second-order valence-electron chi connectivity index (χ2n) is 6.45. The molecule has 0 radical (unpaired) electrons. The fourth-order valence-electron chi connectivity index (χ4n) is 3.11. The van der Waals surface area contributed by atoms with Crippen LogP contribution in [0.5, 0.6) is 5.88 Å². The Morgan fingerprint density at radius 2 is 1.88 bits per heavy atom. The van der Waals surface area contributed by atoms with E-state index in [1.54, 1.807) is 6.08 Å². The normalized spacial score (nSPS) is 13.7. The Morgan fingerprint density at radius 1 is 1.16 bits per heavy atom. The van der Waals surface area contributed by atoms with Crippen molar-refractivity contribution in [2.45, 2.75) is 32.6 Å². The van der Waals surface area contributed by atoms with E-state index in [0.717, 1.165) is 52.9 Å². The first-order valence-corrected chi connectivity index (χ1v) is 8.83. The average molecular weight is 339 g/mol. The molecule has 0 fully saturated rings. The van der Waals surface area contributed by atoms with Crippen LogP contribution in [-0.2, 0) is 12.8 Å². The maximum absolute atomic E-state index is 12.7. The summed E-state index contributed by atoms with van der Waals surface area (Å²) in [5.74, 6) is 1.01. The zero-order valence-electron chi connectivity index (χ0n) is 15.2. The lowest BCUT2D eigenvalue weighted by molar-refractivity contribution is -0.620. The Hall–Kier alpha value is -2.56. The van der Waals surface area contributed by atoms with E-state index in [0.29, 0.717) is 18.3 Å². The van der Waals surface area contributed by atoms with Gasteiger partial charge in [0.2, 0.25) is 0 Å². The molecule has 0 bridgehead atoms. The lowest BCUT2D eigenvalue weighted by atomic mass is 9.96. The second kappa shape index (κ2) is 7.55. The number of benzene rings is 1. The molecule has 0 atom stereocenters. The van der Waals surface area contributed by atoms with Gasteiger partial charge >= 0.3 is 11.7 Å². The van der Waals surface area contributed by atoms with Gasteiger partial charge in [0.05, 0.1) is 12.2 Å². The van der Waals surface area contributed by atoms with Crippen LogP contribution in [-0.4, -0.2) is 25.7 Å². The molecule has 0 amide bonds. The molecule has 1 aromatic heterocycles. The molecule has 1 aliphatic carbocycles. The molecule has 1 aromatic carbocycles. The number of hydrogen-bond donors (Lipinski definition) is 0. The molecule has 0 saturated heterocycles. The maximum Gasteiger partial charge on any atom is 0.335 e. The lowest BCUT2D eigenvalue weighted by Crippen LogP contribution is -2.39. The lowest BCUT2D eigenvalue weighted by Gasteiger charge is -2.19. The van der Waals surface area contributed by atoms with Crippen molar-refractivity contribution in [1.82, 2.24) is 4.98 Å². The first kappa shape index (κ1) is 17.3. The van der Waals surface area contributed by atoms with Gasteiger partial charge in [-0.25, -0.2) is 4.73 Å². The van der Waals surface area contributed by atoms with Crippen molar-refractivity contribution in [3.8, 4) is 5.88 Å². The zero-order valence-corrected chi connectivity index (χ0v) is 15.2. The topological polar surface area (TPSA) is 52.3 Å². The Bertz CT molecular complexity index is 768. The number of hydrogen-bond acceptors (Lipinski definition) is 4. The van der Waals surface area contributed by atoms with E-state index in [4.69, 9.17) is 4.74 Å². The predicted octanol–water partition coefficient (Wildman–Crippen LogP) is 3.23. The molecule has 0 unspecified atom stereocenters. The molecule has 0 spiro atoms. The standard InChI is InChI=1S/C20H25N3O2/c1-4-25-20-17-7-5-6-8-18(17)23(24)19(21-20)14-11-15-9-12-16(13-10-15)22(2)3/h9-14H,4-8H2,1-3H3. The van der Waals surface area contributed by atoms with E-state index in [1.165, 1.54) is 0 Å². The Labute approximate surface area is 149 Å². The van der Waals surface area contributed by atoms with Gasteiger partial charge in [0.1, 0.15) is 5.69 Å². The highest BCUT2D eigenvalue weighted by Gasteiger charge is 2.25. The number of rotatable bonds is 5. The van der Waals surface area contributed by atoms with Crippen LogP contribution in [0.3, 0.4) is 0 Å². The SMILES string of the molecule is CCOc1nc(C=Cc2ccc(N(C)C)cc2)[n+]([O-])c2c1CCCC2. The van der Waals surface area contributed by atoms with Crippen molar-refractivity contribution in [3.05, 3.63) is 52.1 Å². The van der Waals surface area contributed by atoms with Gasteiger partial charge in [-0.2, -0.15) is 0 Å². The van der Waals surface area contributed by atoms with Crippen LogP contribution in [0.25, 0.3) is 12.2 Å². The van der Waals surface area contributed by atoms with Gasteiger partial charge in [0, 0.05) is 32.3 Å². The molecule has 0 aliphatic heterocycles. The highest BCUT2D eigenvalue weighted by atomic mass is 16.5. The Kier molecular flexibility index (Phi) is 5.22. The minimum atomic E-state index is 0.390. The molecule has 0 saturated carbocycles. The van der Waals surface area contributed by atoms with Gasteiger partial charge in [-0.15, -0.1) is 0 Å². The highest BCUT2D eigenvalue weighted by molar-refractivity contribution is 5.67. The van der Waals surface area contributed by atoms with Gasteiger partial charge < -0.3 is 14.8 Å². The van der Waals surface area contributed by atoms with Crippen LogP contribution in [0.15, 0.2) is 24.3 Å². The Balaban J connectivity index is 1.92. The number of anilines is 1. The summed E-state index contributed by atoms with van der Waals surface area (Å²) in [5.41, 5.74) is 3.97. The summed E-state index contributed by atoms with van der Waals surface area (Å²) in [4.78, 5) is 6.52. The minimum absolute atomic E-state index is 0.390. The first-order chi connectivity index (χ1) is 12.1. The van der Waals surface area contributed by atoms with E-state index >= 15 is 0 Å². The maximum atomic E-state index is 12.7. The quantitative estimate of drug-likeness (QED) is 0.620. The molecular weight excluding hydrogens is 314 g/mol. The zero-order chi connectivity index (χ0) is 17.8. The molecular formula is C20H25N3O2. The van der Waals surface area contributed by atoms with E-state index in [2.05, 4.69) is 22.0 Å². The number of nitrogens with zero attached hydrogens (tertiary/aromatic N) is 3. The van der Waals surface area contributed by atoms with Crippen molar-refractivity contribution in [2.75, 3.05) is 25.6 Å². The largest absolute Gasteiger partial charge is 0.710 e. The van der Waals surface area contributed by atoms with E-state index in [-0.39, 0.29) is 0 Å². The van der Waals surface area contributed by atoms with E-state index in [9.17, 15) is 5.21 Å². The molecule has 5 nitrogen and oxygen atoms in total. The van der Waals surface area contributed by atoms with Crippen molar-refractivity contribution in [2.24, 2.45) is 0 Å². The molecule has 1 heterocycles. The van der Waals surface area contributed by atoms with Gasteiger partial charge in [0.25, 0.3) is 0 Å². The number of aromatic nitrogens is 2. The molecule has 132 valence electrons. The van der Waals surface area contributed by atoms with Crippen LogP contribution in [0.2, 0.25) is 0 Å². The van der Waals surface area contributed by atoms with Crippen molar-refractivity contribution in [3.63, 3.8) is 0 Å². The third-order valence-electron chi connectivity index (χ3n) is 4.48. The van der Waals surface area contributed by atoms with E-state index in [1.807, 2.05) is 39.2 Å².